The highest BCUT2D eigenvalue weighted by Gasteiger charge is 2.18. The fourth-order valence-electron chi connectivity index (χ4n) is 0.256. The number of rotatable bonds is 0. The fourth-order valence-corrected chi connectivity index (χ4v) is 0.256. The molecular weight excluding hydrogens is 92.1 g/mol. The number of hydrogen-bond acceptors (Lipinski definition) is 2. The highest BCUT2D eigenvalue weighted by Crippen LogP contribution is 2.05. The molecule has 0 aromatic rings. The molecule has 1 aliphatic heterocycles. The van der Waals surface area contributed by atoms with Crippen molar-refractivity contribution < 1.29 is 9.47 Å². The van der Waals surface area contributed by atoms with Crippen molar-refractivity contribution in [2.45, 2.75) is 6.10 Å². The van der Waals surface area contributed by atoms with Gasteiger partial charge >= 0.3 is 0 Å². The highest BCUT2D eigenvalue weighted by molar-refractivity contribution is 5.05. The zero-order valence-corrected chi connectivity index (χ0v) is 4.10. The van der Waals surface area contributed by atoms with Crippen LogP contribution in [0.15, 0.2) is 0 Å². The zero-order chi connectivity index (χ0) is 5.11. The van der Waals surface area contributed by atoms with Crippen LogP contribution >= 0.6 is 0 Å². The Morgan fingerprint density at radius 2 is 2.57 bits per heavy atom. The van der Waals surface area contributed by atoms with Crippen LogP contribution in [0.25, 0.3) is 0 Å². The molecule has 0 radical (unpaired) electrons. The normalized spacial score (nSPS) is 25.0. The average Bonchev–Trinajstić information content (AvgIpc) is 2.42. The van der Waals surface area contributed by atoms with Crippen LogP contribution in [0.2, 0.25) is 0 Å². The van der Waals surface area contributed by atoms with E-state index in [1.54, 1.807) is 0 Å². The molecule has 1 aliphatic rings. The Morgan fingerprint density at radius 1 is 1.86 bits per heavy atom. The molecule has 0 aromatic carbocycles. The Hall–Kier alpha value is -0.680. The van der Waals surface area contributed by atoms with Gasteiger partial charge in [0.05, 0.1) is 13.7 Å². The van der Waals surface area contributed by atoms with E-state index in [1.807, 2.05) is 0 Å². The van der Waals surface area contributed by atoms with E-state index in [0.717, 1.165) is 6.61 Å². The Labute approximate surface area is 42.4 Å². The van der Waals surface area contributed by atoms with Gasteiger partial charge in [0.15, 0.2) is 0 Å². The van der Waals surface area contributed by atoms with Gasteiger partial charge in [-0.25, -0.2) is 0 Å². The summed E-state index contributed by atoms with van der Waals surface area (Å²) in [4.78, 5) is 0. The Morgan fingerprint density at radius 3 is 3.00 bits per heavy atom. The quantitative estimate of drug-likeness (QED) is 0.314. The van der Waals surface area contributed by atoms with Gasteiger partial charge in [-0.2, -0.15) is 0 Å². The maximum atomic E-state index is 4.76. The van der Waals surface area contributed by atoms with Crippen molar-refractivity contribution in [2.24, 2.45) is 0 Å². The Balaban J connectivity index is 2.16. The minimum Gasteiger partial charge on any atom is -0.450 e. The first kappa shape index (κ1) is 4.48. The van der Waals surface area contributed by atoms with Crippen LogP contribution in [0.3, 0.4) is 0 Å². The molecular formula is C5H6O2. The van der Waals surface area contributed by atoms with E-state index in [4.69, 9.17) is 4.74 Å². The molecule has 0 spiro atoms. The highest BCUT2D eigenvalue weighted by atomic mass is 16.6. The predicted molar refractivity (Wildman–Crippen MR) is 24.5 cm³/mol. The van der Waals surface area contributed by atoms with Gasteiger partial charge in [-0.1, -0.05) is 0 Å². The van der Waals surface area contributed by atoms with E-state index < -0.39 is 0 Å². The summed E-state index contributed by atoms with van der Waals surface area (Å²) in [6, 6.07) is 0. The van der Waals surface area contributed by atoms with Crippen molar-refractivity contribution in [3.05, 3.63) is 0 Å². The zero-order valence-electron chi connectivity index (χ0n) is 4.10. The van der Waals surface area contributed by atoms with E-state index >= 15 is 0 Å². The molecule has 0 aromatic heterocycles. The summed E-state index contributed by atoms with van der Waals surface area (Å²) in [5, 5.41) is 0. The molecule has 1 unspecified atom stereocenters. The molecule has 0 aliphatic carbocycles. The summed E-state index contributed by atoms with van der Waals surface area (Å²) in [6.45, 7) is 0.774. The van der Waals surface area contributed by atoms with Crippen molar-refractivity contribution in [3.8, 4) is 12.0 Å². The molecule has 1 atom stereocenters. The molecule has 1 heterocycles. The molecule has 2 heteroatoms. The Kier molecular flexibility index (Phi) is 1.19. The number of hydrogen-bond donors (Lipinski definition) is 0. The van der Waals surface area contributed by atoms with E-state index in [0.29, 0.717) is 0 Å². The van der Waals surface area contributed by atoms with Crippen LogP contribution in [-0.2, 0) is 9.47 Å². The third-order valence-electron chi connectivity index (χ3n) is 0.655. The predicted octanol–water partition coefficient (Wildman–Crippen LogP) is -0.00750. The summed E-state index contributed by atoms with van der Waals surface area (Å²) >= 11 is 0. The molecule has 0 amide bonds. The van der Waals surface area contributed by atoms with Crippen molar-refractivity contribution in [2.75, 3.05) is 13.7 Å². The van der Waals surface area contributed by atoms with Gasteiger partial charge in [-0.05, 0) is 5.92 Å². The van der Waals surface area contributed by atoms with Crippen LogP contribution < -0.4 is 0 Å². The lowest BCUT2D eigenvalue weighted by molar-refractivity contribution is 0.369. The standard InChI is InChI=1S/C5H6O2/c1-6-3-2-5-4-7-5/h5H,4H2,1H3. The molecule has 0 N–H and O–H groups in total. The monoisotopic (exact) mass is 98.0 g/mol. The molecule has 7 heavy (non-hydrogen) atoms. The van der Waals surface area contributed by atoms with Gasteiger partial charge in [0.25, 0.3) is 0 Å². The number of epoxide rings is 1. The van der Waals surface area contributed by atoms with Crippen LogP contribution in [-0.4, -0.2) is 19.8 Å². The minimum atomic E-state index is 0.167. The molecule has 1 fully saturated rings. The second-order valence-electron chi connectivity index (χ2n) is 1.27. The number of methoxy groups -OCH3 is 1. The molecule has 2 nitrogen and oxygen atoms in total. The summed E-state index contributed by atoms with van der Waals surface area (Å²) < 4.78 is 9.21. The lowest BCUT2D eigenvalue weighted by atomic mass is 10.5. The van der Waals surface area contributed by atoms with Crippen molar-refractivity contribution in [1.82, 2.24) is 0 Å². The topological polar surface area (TPSA) is 21.8 Å². The van der Waals surface area contributed by atoms with Gasteiger partial charge in [0.2, 0.25) is 0 Å². The summed E-state index contributed by atoms with van der Waals surface area (Å²) in [6.07, 6.45) is 2.60. The third kappa shape index (κ3) is 1.47. The lowest BCUT2D eigenvalue weighted by Gasteiger charge is -1.72. The first-order valence-corrected chi connectivity index (χ1v) is 2.08. The van der Waals surface area contributed by atoms with Crippen LogP contribution in [0, 0.1) is 12.0 Å². The van der Waals surface area contributed by atoms with E-state index in [9.17, 15) is 0 Å². The van der Waals surface area contributed by atoms with Crippen molar-refractivity contribution in [3.63, 3.8) is 0 Å². The summed E-state index contributed by atoms with van der Waals surface area (Å²) in [7, 11) is 1.54. The average molecular weight is 98.1 g/mol. The van der Waals surface area contributed by atoms with Crippen LogP contribution in [0.1, 0.15) is 0 Å². The fraction of sp³-hybridized carbons (Fsp3) is 0.600. The third-order valence-corrected chi connectivity index (χ3v) is 0.655. The summed E-state index contributed by atoms with van der Waals surface area (Å²) in [5.41, 5.74) is 0. The van der Waals surface area contributed by atoms with Crippen molar-refractivity contribution in [1.29, 1.82) is 0 Å². The summed E-state index contributed by atoms with van der Waals surface area (Å²) in [5.74, 6) is 2.71. The van der Waals surface area contributed by atoms with Crippen molar-refractivity contribution >= 4 is 0 Å². The lowest BCUT2D eigenvalue weighted by Crippen LogP contribution is -1.74. The Bertz CT molecular complexity index is 105. The second-order valence-corrected chi connectivity index (χ2v) is 1.27. The maximum absolute atomic E-state index is 4.76. The van der Waals surface area contributed by atoms with E-state index in [1.165, 1.54) is 7.11 Å². The second kappa shape index (κ2) is 1.85. The first-order chi connectivity index (χ1) is 3.43. The minimum absolute atomic E-state index is 0.167. The van der Waals surface area contributed by atoms with Gasteiger partial charge in [0.1, 0.15) is 12.2 Å². The molecule has 1 rings (SSSR count). The largest absolute Gasteiger partial charge is 0.450 e. The molecule has 0 saturated carbocycles. The van der Waals surface area contributed by atoms with Gasteiger partial charge in [0, 0.05) is 0 Å². The molecule has 1 saturated heterocycles. The molecule has 0 bridgehead atoms. The van der Waals surface area contributed by atoms with Gasteiger partial charge in [-0.3, -0.25) is 0 Å². The number of ether oxygens (including phenoxy) is 2. The van der Waals surface area contributed by atoms with Gasteiger partial charge in [-0.15, -0.1) is 0 Å². The molecule has 38 valence electrons. The maximum Gasteiger partial charge on any atom is 0.145 e. The SMILES string of the molecule is COC#CC1CO1. The smallest absolute Gasteiger partial charge is 0.145 e. The van der Waals surface area contributed by atoms with Gasteiger partial charge < -0.3 is 9.47 Å². The van der Waals surface area contributed by atoms with E-state index in [-0.39, 0.29) is 6.10 Å². The first-order valence-electron chi connectivity index (χ1n) is 2.08. The van der Waals surface area contributed by atoms with E-state index in [2.05, 4.69) is 16.8 Å². The van der Waals surface area contributed by atoms with Crippen LogP contribution in [0.4, 0.5) is 0 Å². The van der Waals surface area contributed by atoms with Crippen LogP contribution in [0.5, 0.6) is 0 Å².